The van der Waals surface area contributed by atoms with Gasteiger partial charge in [0.05, 0.1) is 11.4 Å². The summed E-state index contributed by atoms with van der Waals surface area (Å²) in [6, 6.07) is 15.6. The number of hydrogen-bond donors (Lipinski definition) is 0. The molecule has 0 N–H and O–H groups in total. The van der Waals surface area contributed by atoms with Crippen molar-refractivity contribution in [3.05, 3.63) is 65.7 Å². The highest BCUT2D eigenvalue weighted by Crippen LogP contribution is 2.47. The predicted molar refractivity (Wildman–Crippen MR) is 149 cm³/mol. The van der Waals surface area contributed by atoms with Gasteiger partial charge in [0.25, 0.3) is 5.91 Å². The number of piperidine rings is 1. The Bertz CT molecular complexity index is 1070. The summed E-state index contributed by atoms with van der Waals surface area (Å²) in [4.78, 5) is 14.8. The summed E-state index contributed by atoms with van der Waals surface area (Å²) >= 11 is 0. The molecule has 1 heterocycles. The Balaban J connectivity index is 2.15. The summed E-state index contributed by atoms with van der Waals surface area (Å²) in [7, 11) is -1.87. The van der Waals surface area contributed by atoms with E-state index in [1.54, 1.807) is 45.0 Å². The first-order valence-electron chi connectivity index (χ1n) is 13.6. The van der Waals surface area contributed by atoms with E-state index in [9.17, 15) is 9.00 Å². The first kappa shape index (κ1) is 30.2. The van der Waals surface area contributed by atoms with Gasteiger partial charge < -0.3 is 9.64 Å². The fourth-order valence-electron chi connectivity index (χ4n) is 4.66. The number of hydrogen-bond acceptors (Lipinski definition) is 3. The van der Waals surface area contributed by atoms with Crippen molar-refractivity contribution in [2.24, 2.45) is 0 Å². The third-order valence-corrected chi connectivity index (χ3v) is 9.04. The monoisotopic (exact) mass is 548 g/mol. The first-order chi connectivity index (χ1) is 17.9. The van der Waals surface area contributed by atoms with Crippen LogP contribution in [0.4, 0.5) is 8.78 Å². The van der Waals surface area contributed by atoms with Gasteiger partial charge in [0.1, 0.15) is 22.3 Å². The molecule has 1 aliphatic rings. The topological polar surface area (TPSA) is 49.9 Å². The maximum Gasteiger partial charge on any atom is 0.347 e. The van der Waals surface area contributed by atoms with Crippen LogP contribution in [0.15, 0.2) is 54.6 Å². The second-order valence-corrected chi connectivity index (χ2v) is 13.3. The average molecular weight is 549 g/mol. The Labute approximate surface area is 229 Å². The lowest BCUT2D eigenvalue weighted by molar-refractivity contribution is -0.180. The third-order valence-electron chi connectivity index (χ3n) is 7.10. The molecule has 2 aromatic rings. The Kier molecular flexibility index (Phi) is 10.1. The molecule has 3 rings (SSSR count). The quantitative estimate of drug-likeness (QED) is 0.294. The molecule has 0 aromatic heterocycles. The smallest absolute Gasteiger partial charge is 0.347 e. The van der Waals surface area contributed by atoms with Crippen LogP contribution in [0.2, 0.25) is 0 Å². The minimum Gasteiger partial charge on any atom is -0.494 e. The van der Waals surface area contributed by atoms with Crippen molar-refractivity contribution in [1.29, 1.82) is 0 Å². The lowest BCUT2D eigenvalue weighted by Crippen LogP contribution is -2.64. The van der Waals surface area contributed by atoms with Crippen LogP contribution >= 0.6 is 0 Å². The fraction of sp³-hybridized carbons (Fsp3) is 0.567. The maximum atomic E-state index is 16.8. The van der Waals surface area contributed by atoms with E-state index in [0.29, 0.717) is 38.3 Å². The van der Waals surface area contributed by atoms with Gasteiger partial charge in [0, 0.05) is 19.6 Å². The van der Waals surface area contributed by atoms with Gasteiger partial charge in [-0.2, -0.15) is 8.78 Å². The van der Waals surface area contributed by atoms with Gasteiger partial charge >= 0.3 is 5.92 Å². The number of carbonyl (C=O) groups is 1. The van der Waals surface area contributed by atoms with E-state index >= 15 is 8.78 Å². The molecule has 0 radical (unpaired) electrons. The Morgan fingerprint density at radius 2 is 1.58 bits per heavy atom. The van der Waals surface area contributed by atoms with Crippen molar-refractivity contribution in [2.75, 3.05) is 19.7 Å². The molecule has 1 aliphatic heterocycles. The van der Waals surface area contributed by atoms with Crippen molar-refractivity contribution in [1.82, 2.24) is 9.21 Å². The van der Waals surface area contributed by atoms with Crippen LogP contribution in [0, 0.1) is 0 Å². The number of unbranched alkanes of at least 4 members (excludes halogenated alkanes) is 1. The van der Waals surface area contributed by atoms with Crippen LogP contribution in [0.5, 0.6) is 5.75 Å². The Hall–Kier alpha value is -2.32. The van der Waals surface area contributed by atoms with Gasteiger partial charge in [-0.15, -0.1) is 0 Å². The van der Waals surface area contributed by atoms with E-state index in [1.807, 2.05) is 30.3 Å². The second kappa shape index (κ2) is 12.7. The fourth-order valence-corrected chi connectivity index (χ4v) is 6.14. The van der Waals surface area contributed by atoms with Crippen molar-refractivity contribution < 1.29 is 22.5 Å². The molecule has 1 amide bonds. The number of halogens is 2. The third kappa shape index (κ3) is 6.63. The highest BCUT2D eigenvalue weighted by atomic mass is 32.2. The number of rotatable bonds is 11. The molecule has 1 fully saturated rings. The largest absolute Gasteiger partial charge is 0.494 e. The number of carbonyl (C=O) groups excluding carboxylic acids is 1. The van der Waals surface area contributed by atoms with Gasteiger partial charge in [0.15, 0.2) is 0 Å². The Morgan fingerprint density at radius 1 is 0.974 bits per heavy atom. The zero-order chi connectivity index (χ0) is 28.0. The molecule has 2 unspecified atom stereocenters. The van der Waals surface area contributed by atoms with Gasteiger partial charge in [-0.1, -0.05) is 55.8 Å². The normalized spacial score (nSPS) is 17.2. The standard InChI is InChI=1S/C30H42F2N2O3S/c1-6-7-22-37-26-18-16-25(17-19-26)29(5,30(31,32)27(35)33-20-12-9-13-21-33)34(38(36)28(2,3)4)23-24-14-10-8-11-15-24/h8,10-11,14-19H,6-7,9,12-13,20-23H2,1-5H3. The van der Waals surface area contributed by atoms with Gasteiger partial charge in [-0.25, -0.2) is 8.51 Å². The summed E-state index contributed by atoms with van der Waals surface area (Å²) in [5, 5.41) is 0. The number of benzene rings is 2. The number of amides is 1. The average Bonchev–Trinajstić information content (AvgIpc) is 2.91. The molecular weight excluding hydrogens is 506 g/mol. The highest BCUT2D eigenvalue weighted by Gasteiger charge is 2.63. The molecule has 210 valence electrons. The van der Waals surface area contributed by atoms with E-state index in [2.05, 4.69) is 6.92 Å². The van der Waals surface area contributed by atoms with Crippen LogP contribution in [0.1, 0.15) is 77.8 Å². The van der Waals surface area contributed by atoms with E-state index in [4.69, 9.17) is 4.74 Å². The summed E-state index contributed by atoms with van der Waals surface area (Å²) in [5.74, 6) is -4.50. The minimum atomic E-state index is -3.86. The van der Waals surface area contributed by atoms with E-state index in [0.717, 1.165) is 24.8 Å². The molecule has 38 heavy (non-hydrogen) atoms. The van der Waals surface area contributed by atoms with Crippen LogP contribution in [-0.4, -0.2) is 49.7 Å². The molecule has 1 saturated heterocycles. The van der Waals surface area contributed by atoms with Gasteiger partial charge in [0.2, 0.25) is 0 Å². The minimum absolute atomic E-state index is 0.0150. The molecule has 8 heteroatoms. The van der Waals surface area contributed by atoms with Crippen LogP contribution < -0.4 is 4.74 Å². The van der Waals surface area contributed by atoms with Gasteiger partial charge in [-0.3, -0.25) is 4.79 Å². The lowest BCUT2D eigenvalue weighted by Gasteiger charge is -2.47. The number of alkyl halides is 2. The molecule has 0 saturated carbocycles. The highest BCUT2D eigenvalue weighted by molar-refractivity contribution is 7.84. The van der Waals surface area contributed by atoms with Crippen molar-refractivity contribution in [3.8, 4) is 5.75 Å². The molecule has 0 bridgehead atoms. The maximum absolute atomic E-state index is 16.8. The van der Waals surface area contributed by atoms with E-state index < -0.39 is 33.1 Å². The lowest BCUT2D eigenvalue weighted by atomic mass is 9.83. The van der Waals surface area contributed by atoms with Gasteiger partial charge in [-0.05, 0) is 76.6 Å². The zero-order valence-electron chi connectivity index (χ0n) is 23.3. The summed E-state index contributed by atoms with van der Waals surface area (Å²) in [6.45, 7) is 9.82. The van der Waals surface area contributed by atoms with Crippen LogP contribution in [0.3, 0.4) is 0 Å². The second-order valence-electron chi connectivity index (χ2n) is 11.1. The van der Waals surface area contributed by atoms with Crippen molar-refractivity contribution in [2.45, 2.75) is 89.5 Å². The summed E-state index contributed by atoms with van der Waals surface area (Å²) in [6.07, 6.45) is 4.18. The SMILES string of the molecule is CCCCOc1ccc(C(C)(N(Cc2ccccc2)S(=O)C(C)(C)C)C(F)(F)C(=O)N2CCCCC2)cc1. The van der Waals surface area contributed by atoms with Crippen molar-refractivity contribution in [3.63, 3.8) is 0 Å². The molecule has 2 aromatic carbocycles. The number of ether oxygens (including phenoxy) is 1. The number of nitrogens with zero attached hydrogens (tertiary/aromatic N) is 2. The number of likely N-dealkylation sites (tertiary alicyclic amines) is 1. The molecular formula is C30H42F2N2O3S. The van der Waals surface area contributed by atoms with Crippen molar-refractivity contribution >= 4 is 16.9 Å². The molecule has 0 spiro atoms. The summed E-state index contributed by atoms with van der Waals surface area (Å²) in [5.41, 5.74) is -1.25. The zero-order valence-corrected chi connectivity index (χ0v) is 24.2. The molecule has 5 nitrogen and oxygen atoms in total. The molecule has 2 atom stereocenters. The Morgan fingerprint density at radius 3 is 2.13 bits per heavy atom. The summed E-state index contributed by atoms with van der Waals surface area (Å²) < 4.78 is 53.8. The molecule has 0 aliphatic carbocycles. The van der Waals surface area contributed by atoms with E-state index in [1.165, 1.54) is 16.1 Å². The predicted octanol–water partition coefficient (Wildman–Crippen LogP) is 6.69. The first-order valence-corrected chi connectivity index (χ1v) is 14.7. The van der Waals surface area contributed by atoms with E-state index in [-0.39, 0.29) is 12.1 Å². The van der Waals surface area contributed by atoms with Crippen LogP contribution in [0.25, 0.3) is 0 Å². The van der Waals surface area contributed by atoms with Crippen LogP contribution in [-0.2, 0) is 27.9 Å².